The molecule has 2 heteroatoms. The maximum Gasteiger partial charge on any atom is 0.0670 e. The van der Waals surface area contributed by atoms with Crippen LogP contribution < -0.4 is 0 Å². The Morgan fingerprint density at radius 2 is 2.78 bits per heavy atom. The second-order valence-electron chi connectivity index (χ2n) is 1.56. The van der Waals surface area contributed by atoms with Crippen LogP contribution in [0.3, 0.4) is 0 Å². The average molecular weight is 119 g/mol. The zero-order valence-electron chi connectivity index (χ0n) is 5.78. The van der Waals surface area contributed by atoms with Gasteiger partial charge >= 0.3 is 0 Å². The van der Waals surface area contributed by atoms with E-state index in [-0.39, 0.29) is 0 Å². The second kappa shape index (κ2) is 2.83. The highest BCUT2D eigenvalue weighted by atomic mass is 14.6. The minimum absolute atomic E-state index is 0.644. The van der Waals surface area contributed by atoms with Crippen LogP contribution in [0.2, 0.25) is 0 Å². The van der Waals surface area contributed by atoms with E-state index < -0.39 is 6.40 Å². The van der Waals surface area contributed by atoms with Crippen molar-refractivity contribution in [2.24, 2.45) is 0 Å². The molecule has 1 rings (SSSR count). The summed E-state index contributed by atoms with van der Waals surface area (Å²) in [5.41, 5.74) is 0.644. The lowest BCUT2D eigenvalue weighted by atomic mass is 10.2. The highest BCUT2D eigenvalue weighted by Crippen LogP contribution is 1.93. The summed E-state index contributed by atoms with van der Waals surface area (Å²) in [7, 11) is 0. The molecule has 0 aliphatic carbocycles. The predicted octanol–water partition coefficient (Wildman–Crippen LogP) is 1.15. The summed E-state index contributed by atoms with van der Waals surface area (Å²) >= 11 is 0. The Labute approximate surface area is 55.2 Å². The van der Waals surface area contributed by atoms with Gasteiger partial charge in [0.25, 0.3) is 0 Å². The van der Waals surface area contributed by atoms with Gasteiger partial charge in [0.1, 0.15) is 0 Å². The highest BCUT2D eigenvalue weighted by Gasteiger charge is 1.85. The van der Waals surface area contributed by atoms with Crippen LogP contribution in [0, 0.1) is 11.3 Å². The summed E-state index contributed by atoms with van der Waals surface area (Å²) in [6.07, 6.45) is 2.35. The maximum atomic E-state index is 8.32. The Bertz CT molecular complexity index is 240. The fourth-order valence-electron chi connectivity index (χ4n) is 0.536. The third kappa shape index (κ3) is 1.54. The normalized spacial score (nSPS) is 13.4. The van der Waals surface area contributed by atoms with E-state index in [1.807, 2.05) is 6.07 Å². The number of nitriles is 1. The number of nitrogens with zero attached hydrogens (tertiary/aromatic N) is 2. The van der Waals surface area contributed by atoms with Crippen molar-refractivity contribution in [3.05, 3.63) is 30.1 Å². The molecule has 44 valence electrons. The van der Waals surface area contributed by atoms with E-state index in [1.54, 1.807) is 18.3 Å². The van der Waals surface area contributed by atoms with E-state index in [0.29, 0.717) is 5.56 Å². The SMILES string of the molecule is [2H]C(C#N)c1cccnc1. The van der Waals surface area contributed by atoms with Gasteiger partial charge in [-0.25, -0.2) is 0 Å². The summed E-state index contributed by atoms with van der Waals surface area (Å²) < 4.78 is 7.16. The molecule has 0 amide bonds. The molecule has 1 aromatic rings. The first-order chi connectivity index (χ1) is 4.84. The van der Waals surface area contributed by atoms with Crippen molar-refractivity contribution >= 4 is 0 Å². The first kappa shape index (κ1) is 4.51. The third-order valence-electron chi connectivity index (χ3n) is 0.916. The summed E-state index contributed by atoms with van der Waals surface area (Å²) in [6, 6.07) is 5.24. The molecule has 0 aromatic carbocycles. The van der Waals surface area contributed by atoms with Crippen molar-refractivity contribution in [2.45, 2.75) is 6.40 Å². The van der Waals surface area contributed by atoms with Gasteiger partial charge in [-0.2, -0.15) is 5.26 Å². The molecule has 0 aliphatic rings. The first-order valence-corrected chi connectivity index (χ1v) is 2.56. The molecule has 0 saturated carbocycles. The zero-order valence-corrected chi connectivity index (χ0v) is 4.78. The fraction of sp³-hybridized carbons (Fsp3) is 0.143. The van der Waals surface area contributed by atoms with E-state index in [1.165, 1.54) is 6.20 Å². The average Bonchev–Trinajstić information content (AvgIpc) is 2.05. The topological polar surface area (TPSA) is 36.7 Å². The molecule has 1 heterocycles. The number of hydrogen-bond acceptors (Lipinski definition) is 2. The quantitative estimate of drug-likeness (QED) is 0.556. The van der Waals surface area contributed by atoms with E-state index in [2.05, 4.69) is 4.98 Å². The third-order valence-corrected chi connectivity index (χ3v) is 0.916. The van der Waals surface area contributed by atoms with Gasteiger partial charge in [-0.05, 0) is 11.6 Å². The lowest BCUT2D eigenvalue weighted by Crippen LogP contribution is -1.79. The largest absolute Gasteiger partial charge is 0.264 e. The summed E-state index contributed by atoms with van der Waals surface area (Å²) in [5, 5.41) is 8.32. The predicted molar refractivity (Wildman–Crippen MR) is 33.6 cm³/mol. The molecular weight excluding hydrogens is 112 g/mol. The van der Waals surface area contributed by atoms with Gasteiger partial charge in [0.2, 0.25) is 0 Å². The van der Waals surface area contributed by atoms with Crippen LogP contribution in [0.5, 0.6) is 0 Å². The van der Waals surface area contributed by atoms with Gasteiger partial charge in [-0.15, -0.1) is 0 Å². The molecule has 0 saturated heterocycles. The monoisotopic (exact) mass is 119 g/mol. The Balaban J connectivity index is 2.88. The Hall–Kier alpha value is -1.36. The fourth-order valence-corrected chi connectivity index (χ4v) is 0.536. The molecule has 1 atom stereocenters. The second-order valence-corrected chi connectivity index (χ2v) is 1.56. The van der Waals surface area contributed by atoms with Crippen LogP contribution in [-0.4, -0.2) is 4.98 Å². The van der Waals surface area contributed by atoms with Gasteiger partial charge in [-0.3, -0.25) is 4.98 Å². The van der Waals surface area contributed by atoms with Gasteiger partial charge in [-0.1, -0.05) is 6.07 Å². The van der Waals surface area contributed by atoms with E-state index in [9.17, 15) is 0 Å². The molecule has 1 aromatic heterocycles. The van der Waals surface area contributed by atoms with Crippen LogP contribution >= 0.6 is 0 Å². The molecule has 0 aliphatic heterocycles. The van der Waals surface area contributed by atoms with Crippen LogP contribution in [0.25, 0.3) is 0 Å². The lowest BCUT2D eigenvalue weighted by Gasteiger charge is -1.87. The zero-order chi connectivity index (χ0) is 7.40. The summed E-state index contributed by atoms with van der Waals surface area (Å²) in [4.78, 5) is 3.78. The van der Waals surface area contributed by atoms with E-state index in [4.69, 9.17) is 6.63 Å². The summed E-state index contributed by atoms with van der Waals surface area (Å²) in [5.74, 6) is 0. The molecular formula is C7H6N2. The Morgan fingerprint density at radius 1 is 1.89 bits per heavy atom. The van der Waals surface area contributed by atoms with E-state index >= 15 is 0 Å². The highest BCUT2D eigenvalue weighted by molar-refractivity contribution is 5.12. The van der Waals surface area contributed by atoms with Crippen molar-refractivity contribution in [2.75, 3.05) is 0 Å². The molecule has 2 nitrogen and oxygen atoms in total. The van der Waals surface area contributed by atoms with Crippen LogP contribution in [0.1, 0.15) is 6.93 Å². The standard InChI is InChI=1S/C7H6N2/c8-4-3-7-2-1-5-9-6-7/h1-2,5-6H,3H2/i3D. The van der Waals surface area contributed by atoms with Crippen molar-refractivity contribution in [3.63, 3.8) is 0 Å². The van der Waals surface area contributed by atoms with Gasteiger partial charge in [0, 0.05) is 13.8 Å². The number of pyridine rings is 1. The maximum absolute atomic E-state index is 8.32. The smallest absolute Gasteiger partial charge is 0.0670 e. The molecule has 1 unspecified atom stereocenters. The number of rotatable bonds is 1. The molecule has 0 radical (unpaired) electrons. The van der Waals surface area contributed by atoms with Crippen LogP contribution in [0.4, 0.5) is 0 Å². The van der Waals surface area contributed by atoms with Gasteiger partial charge < -0.3 is 0 Å². The van der Waals surface area contributed by atoms with E-state index in [0.717, 1.165) is 0 Å². The molecule has 0 spiro atoms. The summed E-state index contributed by atoms with van der Waals surface area (Å²) in [6.45, 7) is 0. The van der Waals surface area contributed by atoms with Crippen LogP contribution in [0.15, 0.2) is 24.5 Å². The van der Waals surface area contributed by atoms with Crippen molar-refractivity contribution < 1.29 is 1.37 Å². The van der Waals surface area contributed by atoms with Crippen molar-refractivity contribution in [3.8, 4) is 6.07 Å². The molecule has 9 heavy (non-hydrogen) atoms. The lowest BCUT2D eigenvalue weighted by molar-refractivity contribution is 1.19. The molecule has 0 N–H and O–H groups in total. The Kier molecular flexibility index (Phi) is 1.42. The minimum atomic E-state index is -0.798. The van der Waals surface area contributed by atoms with Gasteiger partial charge in [0.05, 0.1) is 12.5 Å². The Morgan fingerprint density at radius 3 is 3.33 bits per heavy atom. The molecule has 0 bridgehead atoms. The van der Waals surface area contributed by atoms with Crippen LogP contribution in [-0.2, 0) is 6.40 Å². The minimum Gasteiger partial charge on any atom is -0.264 e. The van der Waals surface area contributed by atoms with Gasteiger partial charge in [0.15, 0.2) is 0 Å². The number of aromatic nitrogens is 1. The number of hydrogen-bond donors (Lipinski definition) is 0. The van der Waals surface area contributed by atoms with Crippen molar-refractivity contribution in [1.82, 2.24) is 4.98 Å². The molecule has 0 fully saturated rings. The van der Waals surface area contributed by atoms with Crippen molar-refractivity contribution in [1.29, 1.82) is 5.26 Å². The first-order valence-electron chi connectivity index (χ1n) is 3.14.